The van der Waals surface area contributed by atoms with Gasteiger partial charge < -0.3 is 0 Å². The molecule has 0 saturated heterocycles. The second kappa shape index (κ2) is 4.65. The molecule has 0 aliphatic rings. The van der Waals surface area contributed by atoms with E-state index < -0.39 is 0 Å². The SMILES string of the molecule is Cc1[se]cc(/C=C/c2ccccc2)c1C. The number of benzene rings is 1. The predicted octanol–water partition coefficient (Wildman–Crippen LogP) is 3.53. The molecule has 76 valence electrons. The van der Waals surface area contributed by atoms with Crippen LogP contribution in [0, 0.1) is 13.8 Å². The Morgan fingerprint density at radius 1 is 1.00 bits per heavy atom. The molecule has 0 bridgehead atoms. The molecule has 0 N–H and O–H groups in total. The predicted molar refractivity (Wildman–Crippen MR) is 68.2 cm³/mol. The normalized spacial score (nSPS) is 11.1. The van der Waals surface area contributed by atoms with E-state index in [1.807, 2.05) is 6.07 Å². The van der Waals surface area contributed by atoms with Crippen LogP contribution in [0.4, 0.5) is 0 Å². The first-order valence-corrected chi connectivity index (χ1v) is 6.90. The van der Waals surface area contributed by atoms with E-state index in [0.29, 0.717) is 14.5 Å². The van der Waals surface area contributed by atoms with Crippen LogP contribution < -0.4 is 0 Å². The molecule has 15 heavy (non-hydrogen) atoms. The summed E-state index contributed by atoms with van der Waals surface area (Å²) in [6, 6.07) is 10.4. The summed E-state index contributed by atoms with van der Waals surface area (Å²) in [6.45, 7) is 4.44. The Labute approximate surface area is 97.0 Å². The first-order chi connectivity index (χ1) is 7.27. The first kappa shape index (κ1) is 10.5. The molecule has 2 rings (SSSR count). The fourth-order valence-electron chi connectivity index (χ4n) is 1.45. The van der Waals surface area contributed by atoms with Gasteiger partial charge in [-0.1, -0.05) is 0 Å². The van der Waals surface area contributed by atoms with Crippen molar-refractivity contribution in [3.05, 3.63) is 56.4 Å². The van der Waals surface area contributed by atoms with Gasteiger partial charge in [0.1, 0.15) is 0 Å². The van der Waals surface area contributed by atoms with Crippen LogP contribution >= 0.6 is 0 Å². The van der Waals surface area contributed by atoms with Crippen LogP contribution in [0.1, 0.15) is 21.1 Å². The fraction of sp³-hybridized carbons (Fsp3) is 0.143. The molecule has 0 saturated carbocycles. The van der Waals surface area contributed by atoms with Gasteiger partial charge in [-0.3, -0.25) is 0 Å². The summed E-state index contributed by atoms with van der Waals surface area (Å²) in [5, 5.41) is 0. The zero-order valence-corrected chi connectivity index (χ0v) is 10.7. The van der Waals surface area contributed by atoms with Gasteiger partial charge in [0.05, 0.1) is 0 Å². The van der Waals surface area contributed by atoms with Gasteiger partial charge >= 0.3 is 96.9 Å². The number of hydrogen-bond acceptors (Lipinski definition) is 0. The van der Waals surface area contributed by atoms with Crippen LogP contribution in [0.2, 0.25) is 0 Å². The fourth-order valence-corrected chi connectivity index (χ4v) is 3.24. The molecular formula is C14H14Se. The van der Waals surface area contributed by atoms with Crippen molar-refractivity contribution >= 4 is 26.7 Å². The molecule has 0 aliphatic carbocycles. The van der Waals surface area contributed by atoms with Gasteiger partial charge in [0.15, 0.2) is 0 Å². The maximum atomic E-state index is 2.36. The van der Waals surface area contributed by atoms with E-state index in [1.165, 1.54) is 16.7 Å². The van der Waals surface area contributed by atoms with Crippen molar-refractivity contribution in [2.24, 2.45) is 0 Å². The second-order valence-corrected chi connectivity index (χ2v) is 5.89. The molecule has 1 aromatic carbocycles. The Balaban J connectivity index is 2.23. The van der Waals surface area contributed by atoms with Gasteiger partial charge in [0.2, 0.25) is 0 Å². The summed E-state index contributed by atoms with van der Waals surface area (Å²) in [5.41, 5.74) is 4.13. The summed E-state index contributed by atoms with van der Waals surface area (Å²) in [4.78, 5) is 2.36. The Morgan fingerprint density at radius 2 is 1.73 bits per heavy atom. The van der Waals surface area contributed by atoms with Crippen LogP contribution in [0.3, 0.4) is 0 Å². The number of rotatable bonds is 2. The van der Waals surface area contributed by atoms with E-state index >= 15 is 0 Å². The molecule has 0 amide bonds. The van der Waals surface area contributed by atoms with Gasteiger partial charge in [-0.15, -0.1) is 0 Å². The van der Waals surface area contributed by atoms with E-state index in [4.69, 9.17) is 0 Å². The third-order valence-corrected chi connectivity index (χ3v) is 4.74. The van der Waals surface area contributed by atoms with E-state index in [2.05, 4.69) is 55.2 Å². The summed E-state index contributed by atoms with van der Waals surface area (Å²) in [7, 11) is 0. The third-order valence-electron chi connectivity index (χ3n) is 2.58. The standard InChI is InChI=1S/C14H14Se/c1-11-12(2)15-10-14(11)9-8-13-6-4-3-5-7-13/h3-10H,1-2H3/b9-8+. The Kier molecular flexibility index (Phi) is 3.25. The molecule has 0 unspecified atom stereocenters. The summed E-state index contributed by atoms with van der Waals surface area (Å²) in [6.07, 6.45) is 4.41. The topological polar surface area (TPSA) is 0 Å². The Morgan fingerprint density at radius 3 is 2.33 bits per heavy atom. The van der Waals surface area contributed by atoms with Crippen LogP contribution in [-0.4, -0.2) is 14.5 Å². The van der Waals surface area contributed by atoms with Crippen molar-refractivity contribution in [1.29, 1.82) is 0 Å². The molecule has 0 atom stereocenters. The van der Waals surface area contributed by atoms with Gasteiger partial charge in [-0.25, -0.2) is 0 Å². The minimum atomic E-state index is 0.584. The third kappa shape index (κ3) is 2.50. The van der Waals surface area contributed by atoms with Crippen LogP contribution in [0.5, 0.6) is 0 Å². The summed E-state index contributed by atoms with van der Waals surface area (Å²) >= 11 is 0.584. The van der Waals surface area contributed by atoms with Crippen molar-refractivity contribution < 1.29 is 0 Å². The molecule has 1 aromatic heterocycles. The Hall–Kier alpha value is -1.04. The van der Waals surface area contributed by atoms with Crippen LogP contribution in [0.25, 0.3) is 12.2 Å². The van der Waals surface area contributed by atoms with E-state index in [-0.39, 0.29) is 0 Å². The summed E-state index contributed by atoms with van der Waals surface area (Å²) < 4.78 is 1.55. The average molecular weight is 261 g/mol. The average Bonchev–Trinajstić information content (AvgIpc) is 2.59. The maximum absolute atomic E-state index is 2.36. The zero-order chi connectivity index (χ0) is 10.7. The van der Waals surface area contributed by atoms with Crippen molar-refractivity contribution in [2.45, 2.75) is 13.8 Å². The van der Waals surface area contributed by atoms with Gasteiger partial charge in [-0.05, 0) is 0 Å². The van der Waals surface area contributed by atoms with Gasteiger partial charge in [-0.2, -0.15) is 0 Å². The molecule has 1 heterocycles. The zero-order valence-electron chi connectivity index (χ0n) is 9.03. The van der Waals surface area contributed by atoms with Gasteiger partial charge in [0.25, 0.3) is 0 Å². The summed E-state index contributed by atoms with van der Waals surface area (Å²) in [5.74, 6) is 0. The molecule has 0 radical (unpaired) electrons. The first-order valence-electron chi connectivity index (χ1n) is 5.05. The van der Waals surface area contributed by atoms with Crippen molar-refractivity contribution in [2.75, 3.05) is 0 Å². The second-order valence-electron chi connectivity index (χ2n) is 3.62. The van der Waals surface area contributed by atoms with Crippen molar-refractivity contribution in [1.82, 2.24) is 0 Å². The molecule has 0 spiro atoms. The van der Waals surface area contributed by atoms with Crippen LogP contribution in [0.15, 0.2) is 35.3 Å². The quantitative estimate of drug-likeness (QED) is 0.725. The van der Waals surface area contributed by atoms with Gasteiger partial charge in [0, 0.05) is 0 Å². The number of aryl methyl sites for hydroxylation is 1. The molecule has 0 nitrogen and oxygen atoms in total. The molecule has 2 aromatic rings. The molecule has 0 fully saturated rings. The molecular weight excluding hydrogens is 247 g/mol. The number of hydrogen-bond donors (Lipinski definition) is 0. The molecule has 0 aliphatic heterocycles. The Bertz CT molecular complexity index is 463. The molecule has 1 heteroatoms. The van der Waals surface area contributed by atoms with Crippen LogP contribution in [-0.2, 0) is 0 Å². The van der Waals surface area contributed by atoms with E-state index in [1.54, 1.807) is 4.44 Å². The van der Waals surface area contributed by atoms with E-state index in [0.717, 1.165) is 0 Å². The van der Waals surface area contributed by atoms with Crippen molar-refractivity contribution in [3.63, 3.8) is 0 Å². The minimum absolute atomic E-state index is 0.584. The van der Waals surface area contributed by atoms with E-state index in [9.17, 15) is 0 Å². The van der Waals surface area contributed by atoms with Crippen molar-refractivity contribution in [3.8, 4) is 0 Å². The monoisotopic (exact) mass is 262 g/mol.